The smallest absolute Gasteiger partial charge is 0.455 e. The molecule has 21 heavy (non-hydrogen) atoms. The van der Waals surface area contributed by atoms with E-state index in [1.807, 2.05) is 6.92 Å². The Bertz CT molecular complexity index is 395. The minimum absolute atomic E-state index is 0.146. The van der Waals surface area contributed by atoms with E-state index in [1.54, 1.807) is 6.92 Å². The molecule has 1 rings (SSSR count). The first-order chi connectivity index (χ1) is 9.76. The van der Waals surface area contributed by atoms with Crippen molar-refractivity contribution in [2.24, 2.45) is 5.41 Å². The maximum atomic E-state index is 12.1. The Morgan fingerprint density at radius 2 is 1.57 bits per heavy atom. The monoisotopic (exact) mass is 318 g/mol. The van der Waals surface area contributed by atoms with Crippen LogP contribution in [-0.2, 0) is 32.4 Å². The average molecular weight is 318 g/mol. The summed E-state index contributed by atoms with van der Waals surface area (Å²) < 4.78 is 20.6. The van der Waals surface area contributed by atoms with E-state index in [4.69, 9.17) is 18.0 Å². The highest BCUT2D eigenvalue weighted by molar-refractivity contribution is 6.65. The zero-order chi connectivity index (χ0) is 16.1. The molecule has 0 bridgehead atoms. The van der Waals surface area contributed by atoms with E-state index in [-0.39, 0.29) is 17.9 Å². The van der Waals surface area contributed by atoms with Gasteiger partial charge in [-0.05, 0) is 6.42 Å². The molecule has 0 aromatic carbocycles. The van der Waals surface area contributed by atoms with Gasteiger partial charge in [0.25, 0.3) is 17.9 Å². The van der Waals surface area contributed by atoms with Crippen LogP contribution in [0.3, 0.4) is 0 Å². The van der Waals surface area contributed by atoms with E-state index in [9.17, 15) is 14.4 Å². The van der Waals surface area contributed by atoms with E-state index in [0.29, 0.717) is 13.2 Å². The molecule has 8 heteroatoms. The number of carbonyl (C=O) groups is 3. The zero-order valence-electron chi connectivity index (χ0n) is 12.9. The minimum atomic E-state index is -3.65. The highest BCUT2D eigenvalue weighted by atomic mass is 28.4. The Labute approximate surface area is 125 Å². The second kappa shape index (κ2) is 7.03. The Hall–Kier alpha value is -1.41. The molecule has 0 aromatic heterocycles. The van der Waals surface area contributed by atoms with Crippen LogP contribution in [0.25, 0.3) is 0 Å². The van der Waals surface area contributed by atoms with Crippen molar-refractivity contribution < 1.29 is 32.4 Å². The number of carbonyl (C=O) groups excluding carboxylic acids is 3. The van der Waals surface area contributed by atoms with E-state index in [0.717, 1.165) is 6.42 Å². The fraction of sp³-hybridized carbons (Fsp3) is 0.769. The van der Waals surface area contributed by atoms with Gasteiger partial charge in [0.1, 0.15) is 0 Å². The van der Waals surface area contributed by atoms with Crippen LogP contribution >= 0.6 is 0 Å². The molecule has 1 saturated heterocycles. The van der Waals surface area contributed by atoms with Crippen molar-refractivity contribution in [2.45, 2.75) is 46.6 Å². The van der Waals surface area contributed by atoms with Crippen molar-refractivity contribution in [3.8, 4) is 0 Å². The summed E-state index contributed by atoms with van der Waals surface area (Å²) in [6.07, 6.45) is 0.935. The molecule has 0 amide bonds. The largest absolute Gasteiger partial charge is 0.704 e. The summed E-state index contributed by atoms with van der Waals surface area (Å²) in [5.74, 6) is -1.82. The topological polar surface area (TPSA) is 88.1 Å². The maximum absolute atomic E-state index is 12.1. The first kappa shape index (κ1) is 17.6. The van der Waals surface area contributed by atoms with Gasteiger partial charge in [-0.3, -0.25) is 14.4 Å². The fourth-order valence-corrected chi connectivity index (χ4v) is 3.91. The van der Waals surface area contributed by atoms with Crippen molar-refractivity contribution in [3.63, 3.8) is 0 Å². The summed E-state index contributed by atoms with van der Waals surface area (Å²) in [5, 5.41) is 0. The number of ether oxygens (including phenoxy) is 1. The van der Waals surface area contributed by atoms with Gasteiger partial charge in [-0.15, -0.1) is 0 Å². The van der Waals surface area contributed by atoms with Crippen molar-refractivity contribution in [2.75, 3.05) is 13.2 Å². The lowest BCUT2D eigenvalue weighted by Crippen LogP contribution is -2.51. The third kappa shape index (κ3) is 4.82. The van der Waals surface area contributed by atoms with Crippen molar-refractivity contribution in [1.82, 2.24) is 0 Å². The van der Waals surface area contributed by atoms with Crippen molar-refractivity contribution in [1.29, 1.82) is 0 Å². The molecule has 1 fully saturated rings. The van der Waals surface area contributed by atoms with Gasteiger partial charge in [0, 0.05) is 19.3 Å². The average Bonchev–Trinajstić information content (AvgIpc) is 2.32. The van der Waals surface area contributed by atoms with Crippen LogP contribution in [0.5, 0.6) is 0 Å². The Morgan fingerprint density at radius 3 is 1.86 bits per heavy atom. The number of rotatable bonds is 7. The normalized spacial score (nSPS) is 16.6. The van der Waals surface area contributed by atoms with Crippen LogP contribution in [0.4, 0.5) is 0 Å². The fourth-order valence-electron chi connectivity index (χ4n) is 2.05. The molecular formula is C13H22O7Si. The standard InChI is InChI=1S/C13H22O7Si/c1-5-13(8-17-9-13)7-12(16)20-21(6-2,18-10(3)14)19-11(4)15/h5-9H2,1-4H3. The van der Waals surface area contributed by atoms with E-state index < -0.39 is 26.7 Å². The first-order valence-electron chi connectivity index (χ1n) is 6.95. The lowest BCUT2D eigenvalue weighted by Gasteiger charge is -2.40. The van der Waals surface area contributed by atoms with E-state index >= 15 is 0 Å². The summed E-state index contributed by atoms with van der Waals surface area (Å²) >= 11 is 0. The summed E-state index contributed by atoms with van der Waals surface area (Å²) in [6, 6.07) is 0.146. The van der Waals surface area contributed by atoms with Gasteiger partial charge in [-0.1, -0.05) is 13.8 Å². The van der Waals surface area contributed by atoms with Gasteiger partial charge in [0.15, 0.2) is 0 Å². The number of hydrogen-bond donors (Lipinski definition) is 0. The second-order valence-corrected chi connectivity index (χ2v) is 7.91. The lowest BCUT2D eigenvalue weighted by atomic mass is 9.80. The van der Waals surface area contributed by atoms with Crippen molar-refractivity contribution in [3.05, 3.63) is 0 Å². The second-order valence-electron chi connectivity index (χ2n) is 5.22. The van der Waals surface area contributed by atoms with E-state index in [1.165, 1.54) is 13.8 Å². The Morgan fingerprint density at radius 1 is 1.05 bits per heavy atom. The minimum Gasteiger partial charge on any atom is -0.455 e. The highest BCUT2D eigenvalue weighted by Crippen LogP contribution is 2.35. The van der Waals surface area contributed by atoms with E-state index in [2.05, 4.69) is 0 Å². The highest BCUT2D eigenvalue weighted by Gasteiger charge is 2.51. The summed E-state index contributed by atoms with van der Waals surface area (Å²) in [5.41, 5.74) is -0.225. The van der Waals surface area contributed by atoms with Gasteiger partial charge in [0.05, 0.1) is 25.7 Å². The van der Waals surface area contributed by atoms with Crippen LogP contribution in [0.1, 0.15) is 40.5 Å². The first-order valence-corrected chi connectivity index (χ1v) is 8.88. The molecule has 0 aliphatic carbocycles. The van der Waals surface area contributed by atoms with Gasteiger partial charge in [0.2, 0.25) is 0 Å². The van der Waals surface area contributed by atoms with Gasteiger partial charge < -0.3 is 18.0 Å². The molecule has 1 aliphatic rings. The molecule has 0 unspecified atom stereocenters. The molecule has 0 aromatic rings. The zero-order valence-corrected chi connectivity index (χ0v) is 13.9. The summed E-state index contributed by atoms with van der Waals surface area (Å²) in [7, 11) is -3.65. The molecule has 0 saturated carbocycles. The predicted molar refractivity (Wildman–Crippen MR) is 74.0 cm³/mol. The molecule has 0 N–H and O–H groups in total. The third-order valence-corrected chi connectivity index (χ3v) is 5.99. The predicted octanol–water partition coefficient (Wildman–Crippen LogP) is 1.43. The maximum Gasteiger partial charge on any atom is 0.704 e. The molecule has 1 aliphatic heterocycles. The third-order valence-electron chi connectivity index (χ3n) is 3.39. The van der Waals surface area contributed by atoms with Crippen molar-refractivity contribution >= 4 is 26.7 Å². The van der Waals surface area contributed by atoms with Gasteiger partial charge >= 0.3 is 8.80 Å². The molecule has 0 spiro atoms. The van der Waals surface area contributed by atoms with Crippen LogP contribution in [-0.4, -0.2) is 39.9 Å². The SMILES string of the molecule is CCC1(CC(=O)O[Si](CC)(OC(C)=O)OC(C)=O)COC1. The molecule has 1 heterocycles. The molecule has 120 valence electrons. The van der Waals surface area contributed by atoms with Crippen LogP contribution < -0.4 is 0 Å². The summed E-state index contributed by atoms with van der Waals surface area (Å²) in [6.45, 7) is 6.98. The van der Waals surface area contributed by atoms with Gasteiger partial charge in [-0.25, -0.2) is 0 Å². The van der Waals surface area contributed by atoms with Crippen LogP contribution in [0.2, 0.25) is 6.04 Å². The molecule has 7 nitrogen and oxygen atoms in total. The number of hydrogen-bond acceptors (Lipinski definition) is 7. The Kier molecular flexibility index (Phi) is 5.91. The van der Waals surface area contributed by atoms with Crippen LogP contribution in [0, 0.1) is 5.41 Å². The molecule has 0 radical (unpaired) electrons. The molecular weight excluding hydrogens is 296 g/mol. The van der Waals surface area contributed by atoms with Gasteiger partial charge in [-0.2, -0.15) is 0 Å². The van der Waals surface area contributed by atoms with Crippen LogP contribution in [0.15, 0.2) is 0 Å². The Balaban J connectivity index is 2.76. The summed E-state index contributed by atoms with van der Waals surface area (Å²) in [4.78, 5) is 34.5. The lowest BCUT2D eigenvalue weighted by molar-refractivity contribution is -0.161. The quantitative estimate of drug-likeness (QED) is 0.656. The molecule has 0 atom stereocenters.